The SMILES string of the molecule is O=C(Nc1cccnc1)c1ccc(Br)c(S(=O)(=O)N2CCOCC2)c1. The summed E-state index contributed by atoms with van der Waals surface area (Å²) in [6.07, 6.45) is 3.12. The molecule has 0 aliphatic carbocycles. The van der Waals surface area contributed by atoms with Gasteiger partial charge in [0.1, 0.15) is 0 Å². The van der Waals surface area contributed by atoms with E-state index in [0.717, 1.165) is 0 Å². The molecule has 1 N–H and O–H groups in total. The van der Waals surface area contributed by atoms with Crippen LogP contribution in [0.5, 0.6) is 0 Å². The van der Waals surface area contributed by atoms with Crippen molar-refractivity contribution in [2.75, 3.05) is 31.6 Å². The molecule has 1 aliphatic rings. The molecule has 0 saturated carbocycles. The van der Waals surface area contributed by atoms with Gasteiger partial charge in [-0.2, -0.15) is 4.31 Å². The maximum absolute atomic E-state index is 12.8. The van der Waals surface area contributed by atoms with E-state index in [0.29, 0.717) is 36.5 Å². The first-order valence-corrected chi connectivity index (χ1v) is 9.80. The predicted octanol–water partition coefficient (Wildman–Crippen LogP) is 2.12. The minimum Gasteiger partial charge on any atom is -0.379 e. The van der Waals surface area contributed by atoms with Crippen molar-refractivity contribution in [2.45, 2.75) is 4.90 Å². The van der Waals surface area contributed by atoms with E-state index in [1.807, 2.05) is 0 Å². The van der Waals surface area contributed by atoms with Gasteiger partial charge in [-0.25, -0.2) is 8.42 Å². The molecule has 0 spiro atoms. The molecule has 132 valence electrons. The largest absolute Gasteiger partial charge is 0.379 e. The predicted molar refractivity (Wildman–Crippen MR) is 95.9 cm³/mol. The molecule has 1 aromatic heterocycles. The van der Waals surface area contributed by atoms with Gasteiger partial charge in [0.05, 0.1) is 30.0 Å². The molecule has 1 aliphatic heterocycles. The summed E-state index contributed by atoms with van der Waals surface area (Å²) in [6.45, 7) is 1.30. The Hall–Kier alpha value is -1.81. The van der Waals surface area contributed by atoms with Gasteiger partial charge in [0.2, 0.25) is 10.0 Å². The van der Waals surface area contributed by atoms with Crippen LogP contribution >= 0.6 is 15.9 Å². The minimum atomic E-state index is -3.71. The Kier molecular flexibility index (Phi) is 5.48. The quantitative estimate of drug-likeness (QED) is 0.809. The van der Waals surface area contributed by atoms with E-state index in [1.165, 1.54) is 16.6 Å². The van der Waals surface area contributed by atoms with Gasteiger partial charge < -0.3 is 10.1 Å². The molecule has 1 saturated heterocycles. The number of aromatic nitrogens is 1. The molecule has 0 radical (unpaired) electrons. The van der Waals surface area contributed by atoms with E-state index >= 15 is 0 Å². The normalized spacial score (nSPS) is 15.7. The number of ether oxygens (including phenoxy) is 1. The summed E-state index contributed by atoms with van der Waals surface area (Å²) in [7, 11) is -3.71. The maximum atomic E-state index is 12.8. The lowest BCUT2D eigenvalue weighted by atomic mass is 10.2. The number of hydrogen-bond acceptors (Lipinski definition) is 5. The highest BCUT2D eigenvalue weighted by atomic mass is 79.9. The Morgan fingerprint density at radius 3 is 2.68 bits per heavy atom. The average Bonchev–Trinajstić information content (AvgIpc) is 2.63. The molecule has 3 rings (SSSR count). The van der Waals surface area contributed by atoms with Crippen molar-refractivity contribution >= 4 is 37.5 Å². The second kappa shape index (κ2) is 7.61. The number of nitrogens with zero attached hydrogens (tertiary/aromatic N) is 2. The van der Waals surface area contributed by atoms with Gasteiger partial charge in [0.15, 0.2) is 0 Å². The summed E-state index contributed by atoms with van der Waals surface area (Å²) in [5.41, 5.74) is 0.784. The summed E-state index contributed by atoms with van der Waals surface area (Å²) in [6, 6.07) is 7.90. The number of nitrogens with one attached hydrogen (secondary N) is 1. The van der Waals surface area contributed by atoms with E-state index in [2.05, 4.69) is 26.2 Å². The van der Waals surface area contributed by atoms with Crippen LogP contribution in [0.2, 0.25) is 0 Å². The second-order valence-electron chi connectivity index (χ2n) is 5.36. The zero-order chi connectivity index (χ0) is 17.9. The van der Waals surface area contributed by atoms with Crippen molar-refractivity contribution in [3.8, 4) is 0 Å². The van der Waals surface area contributed by atoms with Gasteiger partial charge >= 0.3 is 0 Å². The second-order valence-corrected chi connectivity index (χ2v) is 8.12. The van der Waals surface area contributed by atoms with E-state index in [-0.39, 0.29) is 10.5 Å². The van der Waals surface area contributed by atoms with E-state index in [9.17, 15) is 13.2 Å². The lowest BCUT2D eigenvalue weighted by Crippen LogP contribution is -2.40. The summed E-state index contributed by atoms with van der Waals surface area (Å²) >= 11 is 3.27. The Bertz CT molecular complexity index is 868. The molecule has 1 fully saturated rings. The summed E-state index contributed by atoms with van der Waals surface area (Å²) in [5.74, 6) is -0.404. The molecule has 2 heterocycles. The van der Waals surface area contributed by atoms with Crippen LogP contribution in [0.1, 0.15) is 10.4 Å². The lowest BCUT2D eigenvalue weighted by molar-refractivity contribution is 0.0730. The molecule has 0 atom stereocenters. The van der Waals surface area contributed by atoms with Crippen molar-refractivity contribution in [2.24, 2.45) is 0 Å². The smallest absolute Gasteiger partial charge is 0.255 e. The first kappa shape index (κ1) is 18.0. The molecular weight excluding hydrogens is 410 g/mol. The number of sulfonamides is 1. The first-order valence-electron chi connectivity index (χ1n) is 7.57. The number of benzene rings is 1. The first-order chi connectivity index (χ1) is 12.0. The zero-order valence-corrected chi connectivity index (χ0v) is 15.6. The third kappa shape index (κ3) is 4.06. The van der Waals surface area contributed by atoms with Gasteiger partial charge in [-0.15, -0.1) is 0 Å². The lowest BCUT2D eigenvalue weighted by Gasteiger charge is -2.26. The maximum Gasteiger partial charge on any atom is 0.255 e. The molecule has 25 heavy (non-hydrogen) atoms. The third-order valence-corrected chi connectivity index (χ3v) is 6.59. The average molecular weight is 426 g/mol. The Morgan fingerprint density at radius 1 is 1.24 bits per heavy atom. The van der Waals surface area contributed by atoms with Crippen LogP contribution in [-0.2, 0) is 14.8 Å². The van der Waals surface area contributed by atoms with Crippen molar-refractivity contribution in [1.82, 2.24) is 9.29 Å². The molecule has 0 bridgehead atoms. The molecular formula is C16H16BrN3O4S. The molecule has 0 unspecified atom stereocenters. The number of halogens is 1. The van der Waals surface area contributed by atoms with E-state index in [4.69, 9.17) is 4.74 Å². The Balaban J connectivity index is 1.88. The fraction of sp³-hybridized carbons (Fsp3) is 0.250. The van der Waals surface area contributed by atoms with Crippen molar-refractivity contribution in [3.05, 3.63) is 52.8 Å². The van der Waals surface area contributed by atoms with Crippen LogP contribution in [0.4, 0.5) is 5.69 Å². The third-order valence-electron chi connectivity index (χ3n) is 3.70. The summed E-state index contributed by atoms with van der Waals surface area (Å²) in [5, 5.41) is 2.69. The monoisotopic (exact) mass is 425 g/mol. The van der Waals surface area contributed by atoms with Crippen LogP contribution in [0, 0.1) is 0 Å². The Morgan fingerprint density at radius 2 is 2.00 bits per heavy atom. The van der Waals surface area contributed by atoms with Crippen LogP contribution in [-0.4, -0.2) is 49.9 Å². The van der Waals surface area contributed by atoms with Crippen molar-refractivity contribution in [1.29, 1.82) is 0 Å². The molecule has 2 aromatic rings. The molecule has 7 nitrogen and oxygen atoms in total. The summed E-state index contributed by atoms with van der Waals surface area (Å²) in [4.78, 5) is 16.4. The number of anilines is 1. The summed E-state index contributed by atoms with van der Waals surface area (Å²) < 4.78 is 32.7. The van der Waals surface area contributed by atoms with Gasteiger partial charge in [0.25, 0.3) is 5.91 Å². The zero-order valence-electron chi connectivity index (χ0n) is 13.2. The van der Waals surface area contributed by atoms with Crippen LogP contribution < -0.4 is 5.32 Å². The van der Waals surface area contributed by atoms with Gasteiger partial charge in [0, 0.05) is 29.3 Å². The highest BCUT2D eigenvalue weighted by Gasteiger charge is 2.29. The molecule has 9 heteroatoms. The topological polar surface area (TPSA) is 88.6 Å². The van der Waals surface area contributed by atoms with E-state index < -0.39 is 15.9 Å². The number of carbonyl (C=O) groups excluding carboxylic acids is 1. The fourth-order valence-corrected chi connectivity index (χ4v) is 4.77. The van der Waals surface area contributed by atoms with Crippen molar-refractivity contribution in [3.63, 3.8) is 0 Å². The van der Waals surface area contributed by atoms with Crippen LogP contribution in [0.25, 0.3) is 0 Å². The van der Waals surface area contributed by atoms with Gasteiger partial charge in [-0.1, -0.05) is 0 Å². The fourth-order valence-electron chi connectivity index (χ4n) is 2.41. The molecule has 1 amide bonds. The molecule has 1 aromatic carbocycles. The van der Waals surface area contributed by atoms with Crippen LogP contribution in [0.3, 0.4) is 0 Å². The highest BCUT2D eigenvalue weighted by molar-refractivity contribution is 9.10. The number of hydrogen-bond donors (Lipinski definition) is 1. The number of morpholine rings is 1. The minimum absolute atomic E-state index is 0.0632. The number of carbonyl (C=O) groups is 1. The van der Waals surface area contributed by atoms with Crippen LogP contribution in [0.15, 0.2) is 52.1 Å². The van der Waals surface area contributed by atoms with Gasteiger partial charge in [-0.05, 0) is 46.3 Å². The Labute approximate surface area is 154 Å². The number of pyridine rings is 1. The van der Waals surface area contributed by atoms with Crippen molar-refractivity contribution < 1.29 is 17.9 Å². The van der Waals surface area contributed by atoms with Gasteiger partial charge in [-0.3, -0.25) is 9.78 Å². The number of rotatable bonds is 4. The number of amides is 1. The highest BCUT2D eigenvalue weighted by Crippen LogP contribution is 2.27. The standard InChI is InChI=1S/C16H16BrN3O4S/c17-14-4-3-12(16(21)19-13-2-1-5-18-11-13)10-15(14)25(22,23)20-6-8-24-9-7-20/h1-5,10-11H,6-9H2,(H,19,21). The van der Waals surface area contributed by atoms with E-state index in [1.54, 1.807) is 30.5 Å².